The normalized spacial score (nSPS) is 10.3. The summed E-state index contributed by atoms with van der Waals surface area (Å²) in [4.78, 5) is 19.8. The lowest BCUT2D eigenvalue weighted by molar-refractivity contribution is 0.0958. The van der Waals surface area contributed by atoms with Gasteiger partial charge in [0.2, 0.25) is 5.95 Å². The number of carbonyl (C=O) groups excluding carboxylic acids is 1. The predicted molar refractivity (Wildman–Crippen MR) is 90.3 cm³/mol. The van der Waals surface area contributed by atoms with Gasteiger partial charge in [-0.05, 0) is 36.8 Å². The minimum absolute atomic E-state index is 0.0704. The summed E-state index contributed by atoms with van der Waals surface area (Å²) in [5.41, 5.74) is 7.39. The van der Waals surface area contributed by atoms with Gasteiger partial charge in [0.05, 0.1) is 12.3 Å². The molecular weight excluding hydrogens is 292 g/mol. The predicted octanol–water partition coefficient (Wildman–Crippen LogP) is 2.65. The van der Waals surface area contributed by atoms with Crippen molar-refractivity contribution in [1.29, 1.82) is 0 Å². The van der Waals surface area contributed by atoms with Crippen LogP contribution in [0.25, 0.3) is 11.3 Å². The molecule has 0 fully saturated rings. The average Bonchev–Trinajstić information content (AvgIpc) is 2.58. The maximum absolute atomic E-state index is 11.7. The first-order chi connectivity index (χ1) is 11.1. The second-order valence-corrected chi connectivity index (χ2v) is 5.16. The van der Waals surface area contributed by atoms with Gasteiger partial charge in [-0.15, -0.1) is 0 Å². The highest BCUT2D eigenvalue weighted by Gasteiger charge is 2.10. The minimum Gasteiger partial charge on any atom is -0.494 e. The zero-order valence-electron chi connectivity index (χ0n) is 13.5. The summed E-state index contributed by atoms with van der Waals surface area (Å²) in [6, 6.07) is 9.18. The van der Waals surface area contributed by atoms with Crippen molar-refractivity contribution in [2.75, 3.05) is 19.4 Å². The number of rotatable bonds is 7. The fourth-order valence-electron chi connectivity index (χ4n) is 2.12. The van der Waals surface area contributed by atoms with Crippen molar-refractivity contribution >= 4 is 11.9 Å². The summed E-state index contributed by atoms with van der Waals surface area (Å²) in [7, 11) is 1.55. The van der Waals surface area contributed by atoms with E-state index in [9.17, 15) is 4.79 Å². The van der Waals surface area contributed by atoms with Crippen LogP contribution in [0, 0.1) is 0 Å². The summed E-state index contributed by atoms with van der Waals surface area (Å²) < 4.78 is 5.68. The first-order valence-corrected chi connectivity index (χ1v) is 7.74. The number of nitrogens with one attached hydrogen (secondary N) is 1. The molecule has 0 saturated carbocycles. The lowest BCUT2D eigenvalue weighted by atomic mass is 10.1. The van der Waals surface area contributed by atoms with Crippen LogP contribution in [0.2, 0.25) is 0 Å². The first kappa shape index (κ1) is 16.7. The summed E-state index contributed by atoms with van der Waals surface area (Å²) in [5, 5.41) is 2.52. The van der Waals surface area contributed by atoms with E-state index in [1.54, 1.807) is 13.1 Å². The number of hydrogen-bond acceptors (Lipinski definition) is 5. The van der Waals surface area contributed by atoms with Gasteiger partial charge in [-0.1, -0.05) is 19.8 Å². The van der Waals surface area contributed by atoms with Crippen LogP contribution in [-0.4, -0.2) is 29.5 Å². The summed E-state index contributed by atoms with van der Waals surface area (Å²) in [5.74, 6) is 0.593. The fourth-order valence-corrected chi connectivity index (χ4v) is 2.12. The Labute approximate surface area is 136 Å². The van der Waals surface area contributed by atoms with Crippen molar-refractivity contribution in [2.24, 2.45) is 0 Å². The lowest BCUT2D eigenvalue weighted by Crippen LogP contribution is -2.20. The molecule has 1 aromatic carbocycles. The fraction of sp³-hybridized carbons (Fsp3) is 0.353. The molecule has 0 saturated heterocycles. The Balaban J connectivity index is 2.12. The van der Waals surface area contributed by atoms with E-state index < -0.39 is 0 Å². The molecule has 1 heterocycles. The third kappa shape index (κ3) is 4.67. The molecule has 0 aliphatic carbocycles. The highest BCUT2D eigenvalue weighted by molar-refractivity contribution is 5.93. The zero-order valence-corrected chi connectivity index (χ0v) is 13.5. The molecule has 3 N–H and O–H groups in total. The Hall–Kier alpha value is -2.63. The Morgan fingerprint density at radius 3 is 2.61 bits per heavy atom. The van der Waals surface area contributed by atoms with Gasteiger partial charge in [0.15, 0.2) is 0 Å². The topological polar surface area (TPSA) is 90.1 Å². The molecule has 122 valence electrons. The number of anilines is 1. The van der Waals surface area contributed by atoms with Crippen LogP contribution in [-0.2, 0) is 0 Å². The number of hydrogen-bond donors (Lipinski definition) is 2. The Kier molecular flexibility index (Phi) is 5.91. The largest absolute Gasteiger partial charge is 0.494 e. The SMILES string of the molecule is CCCCCOc1ccc(-c2cc(C(=O)NC)nc(N)n2)cc1. The molecule has 6 nitrogen and oxygen atoms in total. The molecular formula is C17H22N4O2. The van der Waals surface area contributed by atoms with E-state index >= 15 is 0 Å². The number of ether oxygens (including phenoxy) is 1. The van der Waals surface area contributed by atoms with E-state index in [4.69, 9.17) is 10.5 Å². The average molecular weight is 314 g/mol. The Bertz CT molecular complexity index is 656. The standard InChI is InChI=1S/C17H22N4O2/c1-3-4-5-10-23-13-8-6-12(7-9-13)14-11-15(16(22)19-2)21-17(18)20-14/h6-9,11H,3-5,10H2,1-2H3,(H,19,22)(H2,18,20,21). The van der Waals surface area contributed by atoms with Crippen LogP contribution >= 0.6 is 0 Å². The molecule has 1 aromatic heterocycles. The molecule has 0 atom stereocenters. The van der Waals surface area contributed by atoms with Crippen molar-refractivity contribution in [3.63, 3.8) is 0 Å². The smallest absolute Gasteiger partial charge is 0.269 e. The van der Waals surface area contributed by atoms with Gasteiger partial charge in [0.25, 0.3) is 5.91 Å². The molecule has 23 heavy (non-hydrogen) atoms. The van der Waals surface area contributed by atoms with E-state index in [0.29, 0.717) is 12.3 Å². The van der Waals surface area contributed by atoms with E-state index in [1.165, 1.54) is 12.8 Å². The van der Waals surface area contributed by atoms with E-state index in [2.05, 4.69) is 22.2 Å². The summed E-state index contributed by atoms with van der Waals surface area (Å²) >= 11 is 0. The third-order valence-electron chi connectivity index (χ3n) is 3.37. The van der Waals surface area contributed by atoms with E-state index in [0.717, 1.165) is 17.7 Å². The number of unbranched alkanes of at least 4 members (excludes halogenated alkanes) is 2. The van der Waals surface area contributed by atoms with Crippen molar-refractivity contribution in [3.8, 4) is 17.0 Å². The van der Waals surface area contributed by atoms with Crippen LogP contribution in [0.3, 0.4) is 0 Å². The highest BCUT2D eigenvalue weighted by Crippen LogP contribution is 2.22. The van der Waals surface area contributed by atoms with Crippen molar-refractivity contribution in [1.82, 2.24) is 15.3 Å². The van der Waals surface area contributed by atoms with Gasteiger partial charge in [-0.25, -0.2) is 9.97 Å². The molecule has 1 amide bonds. The number of carbonyl (C=O) groups is 1. The van der Waals surface area contributed by atoms with Gasteiger partial charge in [-0.3, -0.25) is 4.79 Å². The monoisotopic (exact) mass is 314 g/mol. The van der Waals surface area contributed by atoms with Crippen molar-refractivity contribution in [3.05, 3.63) is 36.0 Å². The van der Waals surface area contributed by atoms with Crippen molar-refractivity contribution in [2.45, 2.75) is 26.2 Å². The molecule has 0 radical (unpaired) electrons. The molecule has 2 aromatic rings. The van der Waals surface area contributed by atoms with Gasteiger partial charge < -0.3 is 15.8 Å². The molecule has 2 rings (SSSR count). The van der Waals surface area contributed by atoms with Crippen LogP contribution in [0.5, 0.6) is 5.75 Å². The summed E-state index contributed by atoms with van der Waals surface area (Å²) in [6.45, 7) is 2.88. The minimum atomic E-state index is -0.295. The molecule has 6 heteroatoms. The number of amides is 1. The van der Waals surface area contributed by atoms with Crippen LogP contribution < -0.4 is 15.8 Å². The van der Waals surface area contributed by atoms with Crippen LogP contribution in [0.15, 0.2) is 30.3 Å². The maximum atomic E-state index is 11.7. The maximum Gasteiger partial charge on any atom is 0.269 e. The lowest BCUT2D eigenvalue weighted by Gasteiger charge is -2.08. The second kappa shape index (κ2) is 8.12. The van der Waals surface area contributed by atoms with Gasteiger partial charge >= 0.3 is 0 Å². The number of nitrogens with zero attached hydrogens (tertiary/aromatic N) is 2. The molecule has 0 aliphatic heterocycles. The number of aromatic nitrogens is 2. The third-order valence-corrected chi connectivity index (χ3v) is 3.37. The van der Waals surface area contributed by atoms with E-state index in [-0.39, 0.29) is 17.5 Å². The van der Waals surface area contributed by atoms with Crippen LogP contribution in [0.1, 0.15) is 36.7 Å². The van der Waals surface area contributed by atoms with Gasteiger partial charge in [0.1, 0.15) is 11.4 Å². The molecule has 0 unspecified atom stereocenters. The Morgan fingerprint density at radius 2 is 1.96 bits per heavy atom. The Morgan fingerprint density at radius 1 is 1.22 bits per heavy atom. The number of benzene rings is 1. The number of nitrogen functional groups attached to an aromatic ring is 1. The molecule has 0 bridgehead atoms. The number of nitrogens with two attached hydrogens (primary N) is 1. The van der Waals surface area contributed by atoms with Crippen molar-refractivity contribution < 1.29 is 9.53 Å². The molecule has 0 aliphatic rings. The zero-order chi connectivity index (χ0) is 16.7. The highest BCUT2D eigenvalue weighted by atomic mass is 16.5. The quantitative estimate of drug-likeness (QED) is 0.767. The van der Waals surface area contributed by atoms with Crippen LogP contribution in [0.4, 0.5) is 5.95 Å². The van der Waals surface area contributed by atoms with Gasteiger partial charge in [0, 0.05) is 12.6 Å². The molecule has 0 spiro atoms. The van der Waals surface area contributed by atoms with Gasteiger partial charge in [-0.2, -0.15) is 0 Å². The first-order valence-electron chi connectivity index (χ1n) is 7.74. The van der Waals surface area contributed by atoms with E-state index in [1.807, 2.05) is 24.3 Å². The second-order valence-electron chi connectivity index (χ2n) is 5.16. The summed E-state index contributed by atoms with van der Waals surface area (Å²) in [6.07, 6.45) is 3.39.